The van der Waals surface area contributed by atoms with Crippen molar-refractivity contribution >= 4 is 6.72 Å². The molecular weight excluding hydrogens is 146 g/mol. The molecule has 0 saturated heterocycles. The summed E-state index contributed by atoms with van der Waals surface area (Å²) in [6.45, 7) is 13.2. The highest BCUT2D eigenvalue weighted by atomic mass is 14.7. The second-order valence-electron chi connectivity index (χ2n) is 3.75. The number of allylic oxidation sites excluding steroid dienone is 1. The zero-order valence-corrected chi connectivity index (χ0v) is 8.80. The number of aliphatic imine (C=N–C) groups is 1. The maximum atomic E-state index is 3.90. The van der Waals surface area contributed by atoms with E-state index >= 15 is 0 Å². The summed E-state index contributed by atoms with van der Waals surface area (Å²) < 4.78 is 0. The standard InChI is InChI=1S/C11H21N/c1-6-11(8-12-5)7-10(4)9(2)3/h6,9-10H,5,7-8H2,1-4H3/b11-6+/t10-/m1/s1. The Morgan fingerprint density at radius 2 is 2.00 bits per heavy atom. The van der Waals surface area contributed by atoms with Crippen molar-refractivity contribution in [3.63, 3.8) is 0 Å². The number of nitrogens with zero attached hydrogens (tertiary/aromatic N) is 1. The maximum absolute atomic E-state index is 3.90. The predicted molar refractivity (Wildman–Crippen MR) is 56.8 cm³/mol. The van der Waals surface area contributed by atoms with Crippen LogP contribution in [0.15, 0.2) is 16.6 Å². The molecule has 0 rings (SSSR count). The van der Waals surface area contributed by atoms with E-state index in [0.717, 1.165) is 24.8 Å². The topological polar surface area (TPSA) is 12.4 Å². The molecule has 0 saturated carbocycles. The molecule has 0 unspecified atom stereocenters. The first-order valence-electron chi connectivity index (χ1n) is 4.68. The third-order valence-electron chi connectivity index (χ3n) is 2.45. The minimum Gasteiger partial charge on any atom is -0.297 e. The van der Waals surface area contributed by atoms with Crippen molar-refractivity contribution in [2.75, 3.05) is 6.54 Å². The van der Waals surface area contributed by atoms with Gasteiger partial charge in [0.2, 0.25) is 0 Å². The van der Waals surface area contributed by atoms with Crippen molar-refractivity contribution in [2.45, 2.75) is 34.1 Å². The Balaban J connectivity index is 3.94. The summed E-state index contributed by atoms with van der Waals surface area (Å²) >= 11 is 0. The molecule has 1 heteroatoms. The maximum Gasteiger partial charge on any atom is 0.0592 e. The van der Waals surface area contributed by atoms with Crippen LogP contribution in [0.5, 0.6) is 0 Å². The van der Waals surface area contributed by atoms with Gasteiger partial charge in [0, 0.05) is 0 Å². The summed E-state index contributed by atoms with van der Waals surface area (Å²) in [5.41, 5.74) is 1.41. The molecule has 0 aliphatic carbocycles. The van der Waals surface area contributed by atoms with Crippen molar-refractivity contribution in [1.29, 1.82) is 0 Å². The summed E-state index contributed by atoms with van der Waals surface area (Å²) in [4.78, 5) is 3.90. The lowest BCUT2D eigenvalue weighted by Crippen LogP contribution is -2.06. The molecule has 0 aromatic carbocycles. The van der Waals surface area contributed by atoms with E-state index in [2.05, 4.69) is 45.5 Å². The normalized spacial score (nSPS) is 14.9. The minimum absolute atomic E-state index is 0.748. The third-order valence-corrected chi connectivity index (χ3v) is 2.45. The van der Waals surface area contributed by atoms with Crippen LogP contribution in [0.4, 0.5) is 0 Å². The molecule has 1 atom stereocenters. The van der Waals surface area contributed by atoms with E-state index in [0.29, 0.717) is 0 Å². The fourth-order valence-electron chi connectivity index (χ4n) is 1.07. The second kappa shape index (κ2) is 5.99. The Bertz CT molecular complexity index is 156. The van der Waals surface area contributed by atoms with Gasteiger partial charge < -0.3 is 0 Å². The fraction of sp³-hybridized carbons (Fsp3) is 0.727. The molecule has 0 N–H and O–H groups in total. The number of rotatable bonds is 5. The third kappa shape index (κ3) is 4.32. The lowest BCUT2D eigenvalue weighted by Gasteiger charge is -2.16. The van der Waals surface area contributed by atoms with Crippen molar-refractivity contribution in [3.8, 4) is 0 Å². The molecule has 0 aliphatic heterocycles. The van der Waals surface area contributed by atoms with Gasteiger partial charge in [0.15, 0.2) is 0 Å². The first-order valence-corrected chi connectivity index (χ1v) is 4.68. The molecule has 0 heterocycles. The highest BCUT2D eigenvalue weighted by molar-refractivity contribution is 5.25. The molecule has 0 aromatic rings. The van der Waals surface area contributed by atoms with Crippen molar-refractivity contribution < 1.29 is 0 Å². The average Bonchev–Trinajstić information content (AvgIpc) is 2.03. The quantitative estimate of drug-likeness (QED) is 0.440. The zero-order chi connectivity index (χ0) is 9.56. The monoisotopic (exact) mass is 167 g/mol. The van der Waals surface area contributed by atoms with Gasteiger partial charge in [0.1, 0.15) is 0 Å². The van der Waals surface area contributed by atoms with E-state index in [9.17, 15) is 0 Å². The molecule has 0 fully saturated rings. The average molecular weight is 167 g/mol. The van der Waals surface area contributed by atoms with Crippen LogP contribution in [0.1, 0.15) is 34.1 Å². The summed E-state index contributed by atoms with van der Waals surface area (Å²) in [6.07, 6.45) is 3.32. The molecule has 0 bridgehead atoms. The van der Waals surface area contributed by atoms with Crippen LogP contribution in [-0.2, 0) is 0 Å². The summed E-state index contributed by atoms with van der Waals surface area (Å²) in [7, 11) is 0. The second-order valence-corrected chi connectivity index (χ2v) is 3.75. The molecular formula is C11H21N. The van der Waals surface area contributed by atoms with Gasteiger partial charge in [-0.2, -0.15) is 0 Å². The van der Waals surface area contributed by atoms with Crippen molar-refractivity contribution in [2.24, 2.45) is 16.8 Å². The van der Waals surface area contributed by atoms with Gasteiger partial charge in [-0.3, -0.25) is 4.99 Å². The lowest BCUT2D eigenvalue weighted by atomic mass is 9.91. The van der Waals surface area contributed by atoms with Gasteiger partial charge in [-0.1, -0.05) is 32.4 Å². The molecule has 0 aromatic heterocycles. The lowest BCUT2D eigenvalue weighted by molar-refractivity contribution is 0.414. The van der Waals surface area contributed by atoms with Crippen molar-refractivity contribution in [1.82, 2.24) is 0 Å². The first kappa shape index (κ1) is 11.4. The summed E-state index contributed by atoms with van der Waals surface area (Å²) in [5.74, 6) is 1.50. The predicted octanol–water partition coefficient (Wildman–Crippen LogP) is 3.32. The van der Waals surface area contributed by atoms with Crippen LogP contribution in [0.25, 0.3) is 0 Å². The van der Waals surface area contributed by atoms with Crippen LogP contribution < -0.4 is 0 Å². The largest absolute Gasteiger partial charge is 0.297 e. The molecule has 0 radical (unpaired) electrons. The number of hydrogen-bond acceptors (Lipinski definition) is 1. The Morgan fingerprint density at radius 3 is 2.33 bits per heavy atom. The Hall–Kier alpha value is -0.590. The van der Waals surface area contributed by atoms with E-state index in [-0.39, 0.29) is 0 Å². The highest BCUT2D eigenvalue weighted by Gasteiger charge is 2.08. The summed E-state index contributed by atoms with van der Waals surface area (Å²) in [6, 6.07) is 0. The Morgan fingerprint density at radius 1 is 1.42 bits per heavy atom. The Kier molecular flexibility index (Phi) is 5.69. The highest BCUT2D eigenvalue weighted by Crippen LogP contribution is 2.19. The van der Waals surface area contributed by atoms with E-state index < -0.39 is 0 Å². The van der Waals surface area contributed by atoms with Crippen LogP contribution in [0, 0.1) is 11.8 Å². The smallest absolute Gasteiger partial charge is 0.0592 e. The van der Waals surface area contributed by atoms with Crippen LogP contribution >= 0.6 is 0 Å². The van der Waals surface area contributed by atoms with Gasteiger partial charge in [-0.15, -0.1) is 0 Å². The molecule has 0 spiro atoms. The van der Waals surface area contributed by atoms with Gasteiger partial charge >= 0.3 is 0 Å². The molecule has 0 aliphatic rings. The van der Waals surface area contributed by atoms with E-state index in [1.807, 2.05) is 0 Å². The zero-order valence-electron chi connectivity index (χ0n) is 8.80. The van der Waals surface area contributed by atoms with Crippen LogP contribution in [0.2, 0.25) is 0 Å². The first-order chi connectivity index (χ1) is 5.61. The molecule has 12 heavy (non-hydrogen) atoms. The van der Waals surface area contributed by atoms with E-state index in [1.54, 1.807) is 0 Å². The van der Waals surface area contributed by atoms with Gasteiger partial charge in [0.25, 0.3) is 0 Å². The van der Waals surface area contributed by atoms with Crippen LogP contribution in [-0.4, -0.2) is 13.3 Å². The van der Waals surface area contributed by atoms with E-state index in [1.165, 1.54) is 5.57 Å². The Labute approximate surface area is 76.6 Å². The molecule has 1 nitrogen and oxygen atoms in total. The van der Waals surface area contributed by atoms with Crippen LogP contribution in [0.3, 0.4) is 0 Å². The van der Waals surface area contributed by atoms with E-state index in [4.69, 9.17) is 0 Å². The van der Waals surface area contributed by atoms with Gasteiger partial charge in [-0.05, 0) is 31.9 Å². The molecule has 70 valence electrons. The summed E-state index contributed by atoms with van der Waals surface area (Å²) in [5, 5.41) is 0. The van der Waals surface area contributed by atoms with Crippen molar-refractivity contribution in [3.05, 3.63) is 11.6 Å². The number of hydrogen-bond donors (Lipinski definition) is 0. The SMILES string of the molecule is C=NC/C(=C/C)C[C@@H](C)C(C)C. The van der Waals surface area contributed by atoms with Gasteiger partial charge in [0.05, 0.1) is 6.54 Å². The van der Waals surface area contributed by atoms with Gasteiger partial charge in [-0.25, -0.2) is 0 Å². The minimum atomic E-state index is 0.748. The molecule has 0 amide bonds. The fourth-order valence-corrected chi connectivity index (χ4v) is 1.07.